The molecule has 8 heteroatoms. The third-order valence-electron chi connectivity index (χ3n) is 4.97. The summed E-state index contributed by atoms with van der Waals surface area (Å²) in [5.41, 5.74) is 1.85. The van der Waals surface area contributed by atoms with Gasteiger partial charge in [0.2, 0.25) is 5.91 Å². The lowest BCUT2D eigenvalue weighted by atomic mass is 9.98. The summed E-state index contributed by atoms with van der Waals surface area (Å²) in [5, 5.41) is 7.61. The molecule has 0 saturated carbocycles. The Morgan fingerprint density at radius 3 is 2.76 bits per heavy atom. The topological polar surface area (TPSA) is 50.8 Å². The van der Waals surface area contributed by atoms with Gasteiger partial charge in [-0.05, 0) is 34.9 Å². The minimum atomic E-state index is -0.104. The van der Waals surface area contributed by atoms with Crippen molar-refractivity contribution in [2.45, 2.75) is 12.5 Å². The van der Waals surface area contributed by atoms with Crippen LogP contribution in [0, 0.1) is 0 Å². The number of nitrogens with one attached hydrogen (secondary N) is 1. The van der Waals surface area contributed by atoms with Gasteiger partial charge in [-0.2, -0.15) is 0 Å². The average molecular weight is 449 g/mol. The number of amides is 1. The zero-order valence-electron chi connectivity index (χ0n) is 16.1. The first-order valence-corrected chi connectivity index (χ1v) is 11.3. The molecular weight excluding hydrogens is 428 g/mol. The van der Waals surface area contributed by atoms with Crippen molar-refractivity contribution in [2.75, 3.05) is 32.6 Å². The highest BCUT2D eigenvalue weighted by atomic mass is 35.5. The highest BCUT2D eigenvalue weighted by Crippen LogP contribution is 2.40. The molecule has 4 rings (SSSR count). The van der Waals surface area contributed by atoms with Crippen LogP contribution in [0.25, 0.3) is 0 Å². The van der Waals surface area contributed by atoms with E-state index in [9.17, 15) is 4.79 Å². The van der Waals surface area contributed by atoms with Crippen molar-refractivity contribution in [3.8, 4) is 11.5 Å². The molecule has 0 saturated heterocycles. The summed E-state index contributed by atoms with van der Waals surface area (Å²) in [6.45, 7) is 1.12. The number of fused-ring (bicyclic) bond motifs is 1. The van der Waals surface area contributed by atoms with Gasteiger partial charge in [0, 0.05) is 28.4 Å². The van der Waals surface area contributed by atoms with E-state index in [2.05, 4.69) is 39.2 Å². The molecular formula is C21H21ClN2O3S2. The van der Waals surface area contributed by atoms with Gasteiger partial charge in [0.15, 0.2) is 0 Å². The minimum absolute atomic E-state index is 0.104. The van der Waals surface area contributed by atoms with Gasteiger partial charge in [0.05, 0.1) is 37.5 Å². The maximum absolute atomic E-state index is 12.9. The molecule has 1 N–H and O–H groups in total. The lowest BCUT2D eigenvalue weighted by Crippen LogP contribution is -2.40. The van der Waals surface area contributed by atoms with Crippen LogP contribution < -0.4 is 14.8 Å². The second kappa shape index (κ2) is 8.75. The van der Waals surface area contributed by atoms with Crippen LogP contribution in [-0.4, -0.2) is 38.1 Å². The molecule has 1 unspecified atom stereocenters. The average Bonchev–Trinajstić information content (AvgIpc) is 3.40. The molecule has 152 valence electrons. The summed E-state index contributed by atoms with van der Waals surface area (Å²) < 4.78 is 10.6. The molecule has 0 aliphatic carbocycles. The predicted molar refractivity (Wildman–Crippen MR) is 119 cm³/mol. The van der Waals surface area contributed by atoms with Crippen molar-refractivity contribution < 1.29 is 14.3 Å². The quantitative estimate of drug-likeness (QED) is 0.572. The fraction of sp³-hybridized carbons (Fsp3) is 0.286. The summed E-state index contributed by atoms with van der Waals surface area (Å²) in [4.78, 5) is 17.8. The number of nitrogens with zero attached hydrogens (tertiary/aromatic N) is 1. The van der Waals surface area contributed by atoms with Crippen LogP contribution in [0.4, 0.5) is 5.69 Å². The molecule has 0 radical (unpaired) electrons. The summed E-state index contributed by atoms with van der Waals surface area (Å²) in [5.74, 6) is 0.880. The molecule has 1 aliphatic heterocycles. The van der Waals surface area contributed by atoms with E-state index in [0.717, 1.165) is 13.0 Å². The van der Waals surface area contributed by atoms with E-state index < -0.39 is 0 Å². The van der Waals surface area contributed by atoms with Crippen molar-refractivity contribution in [2.24, 2.45) is 0 Å². The van der Waals surface area contributed by atoms with Crippen LogP contribution in [0.15, 0.2) is 41.1 Å². The Kier molecular flexibility index (Phi) is 6.10. The SMILES string of the molecule is COc1cc(NC(=O)CN2CCc3sccc3C2c2cccs2)c(OC)cc1Cl. The standard InChI is InChI=1S/C21H21ClN2O3S2/c1-26-16-11-15(17(27-2)10-14(16)22)23-20(25)12-24-7-5-18-13(6-9-29-18)21(24)19-4-3-8-28-19/h3-4,6,8-11,21H,5,7,12H2,1-2H3,(H,23,25). The van der Waals surface area contributed by atoms with Crippen LogP contribution in [0.5, 0.6) is 11.5 Å². The Bertz CT molecular complexity index is 1000. The Hall–Kier alpha value is -2.06. The summed E-state index contributed by atoms with van der Waals surface area (Å²) >= 11 is 9.68. The van der Waals surface area contributed by atoms with Crippen LogP contribution >= 0.6 is 34.3 Å². The van der Waals surface area contributed by atoms with Crippen LogP contribution in [0.1, 0.15) is 21.4 Å². The van der Waals surface area contributed by atoms with Gasteiger partial charge in [-0.25, -0.2) is 0 Å². The van der Waals surface area contributed by atoms with Gasteiger partial charge in [-0.15, -0.1) is 22.7 Å². The largest absolute Gasteiger partial charge is 0.495 e. The van der Waals surface area contributed by atoms with Gasteiger partial charge < -0.3 is 14.8 Å². The maximum Gasteiger partial charge on any atom is 0.238 e. The van der Waals surface area contributed by atoms with E-state index in [1.54, 1.807) is 41.9 Å². The molecule has 29 heavy (non-hydrogen) atoms. The van der Waals surface area contributed by atoms with Crippen molar-refractivity contribution >= 4 is 45.9 Å². The van der Waals surface area contributed by atoms with Crippen molar-refractivity contribution in [3.05, 3.63) is 61.4 Å². The van der Waals surface area contributed by atoms with E-state index in [1.807, 2.05) is 0 Å². The number of carbonyl (C=O) groups excluding carboxylic acids is 1. The number of anilines is 1. The molecule has 3 heterocycles. The van der Waals surface area contributed by atoms with Crippen molar-refractivity contribution in [1.29, 1.82) is 0 Å². The van der Waals surface area contributed by atoms with Crippen LogP contribution in [0.2, 0.25) is 5.02 Å². The highest BCUT2D eigenvalue weighted by Gasteiger charge is 2.31. The van der Waals surface area contributed by atoms with E-state index in [4.69, 9.17) is 21.1 Å². The fourth-order valence-corrected chi connectivity index (χ4v) is 5.66. The normalized spacial score (nSPS) is 16.3. The number of hydrogen-bond donors (Lipinski definition) is 1. The zero-order valence-corrected chi connectivity index (χ0v) is 18.5. The Morgan fingerprint density at radius 1 is 1.21 bits per heavy atom. The van der Waals surface area contributed by atoms with Crippen molar-refractivity contribution in [1.82, 2.24) is 4.90 Å². The number of halogens is 1. The van der Waals surface area contributed by atoms with Crippen LogP contribution in [0.3, 0.4) is 0 Å². The van der Waals surface area contributed by atoms with E-state index >= 15 is 0 Å². The number of methoxy groups -OCH3 is 2. The van der Waals surface area contributed by atoms with E-state index in [1.165, 1.54) is 22.4 Å². The number of carbonyl (C=O) groups is 1. The summed E-state index contributed by atoms with van der Waals surface area (Å²) in [6.07, 6.45) is 0.959. The first kappa shape index (κ1) is 20.2. The van der Waals surface area contributed by atoms with Crippen molar-refractivity contribution in [3.63, 3.8) is 0 Å². The molecule has 1 aliphatic rings. The molecule has 0 fully saturated rings. The molecule has 1 amide bonds. The third kappa shape index (κ3) is 4.14. The minimum Gasteiger partial charge on any atom is -0.495 e. The van der Waals surface area contributed by atoms with Gasteiger partial charge in [-0.3, -0.25) is 9.69 Å². The summed E-state index contributed by atoms with van der Waals surface area (Å²) in [6, 6.07) is 9.81. The number of hydrogen-bond acceptors (Lipinski definition) is 6. The summed E-state index contributed by atoms with van der Waals surface area (Å²) in [7, 11) is 3.08. The molecule has 1 aromatic carbocycles. The first-order valence-electron chi connectivity index (χ1n) is 9.15. The van der Waals surface area contributed by atoms with Gasteiger partial charge in [0.25, 0.3) is 0 Å². The van der Waals surface area contributed by atoms with Gasteiger partial charge in [0.1, 0.15) is 11.5 Å². The monoisotopic (exact) mass is 448 g/mol. The second-order valence-corrected chi connectivity index (χ2v) is 9.06. The molecule has 5 nitrogen and oxygen atoms in total. The lowest BCUT2D eigenvalue weighted by Gasteiger charge is -2.34. The van der Waals surface area contributed by atoms with Gasteiger partial charge >= 0.3 is 0 Å². The highest BCUT2D eigenvalue weighted by molar-refractivity contribution is 7.10. The second-order valence-electron chi connectivity index (χ2n) is 6.67. The Labute approximate surface area is 182 Å². The Balaban J connectivity index is 1.55. The maximum atomic E-state index is 12.9. The van der Waals surface area contributed by atoms with E-state index in [-0.39, 0.29) is 18.5 Å². The molecule has 2 aromatic heterocycles. The lowest BCUT2D eigenvalue weighted by molar-refractivity contribution is -0.117. The van der Waals surface area contributed by atoms with Gasteiger partial charge in [-0.1, -0.05) is 17.7 Å². The number of rotatable bonds is 6. The number of benzene rings is 1. The first-order chi connectivity index (χ1) is 14.1. The van der Waals surface area contributed by atoms with Crippen LogP contribution in [-0.2, 0) is 11.2 Å². The fourth-order valence-electron chi connectivity index (χ4n) is 3.65. The molecule has 3 aromatic rings. The number of thiophene rings is 2. The molecule has 0 spiro atoms. The molecule has 1 atom stereocenters. The third-order valence-corrected chi connectivity index (χ3v) is 7.19. The predicted octanol–water partition coefficient (Wildman–Crippen LogP) is 5.07. The molecule has 0 bridgehead atoms. The van der Waals surface area contributed by atoms with E-state index in [0.29, 0.717) is 22.2 Å². The zero-order chi connectivity index (χ0) is 20.4. The Morgan fingerprint density at radius 2 is 2.03 bits per heavy atom. The smallest absolute Gasteiger partial charge is 0.238 e. The number of ether oxygens (including phenoxy) is 2.